The van der Waals surface area contributed by atoms with Crippen molar-refractivity contribution in [3.63, 3.8) is 0 Å². The minimum absolute atomic E-state index is 0.390. The summed E-state index contributed by atoms with van der Waals surface area (Å²) in [5.41, 5.74) is -0.390. The van der Waals surface area contributed by atoms with Crippen molar-refractivity contribution in [2.45, 2.75) is 77.4 Å². The summed E-state index contributed by atoms with van der Waals surface area (Å²) in [7, 11) is 0. The first kappa shape index (κ1) is 16.4. The molecule has 5 nitrogen and oxygen atoms in total. The molecule has 0 bridgehead atoms. The minimum Gasteiger partial charge on any atom is -0.393 e. The van der Waals surface area contributed by atoms with Crippen LogP contribution in [0.1, 0.15) is 71.0 Å². The first-order chi connectivity index (χ1) is 10.1. The van der Waals surface area contributed by atoms with Gasteiger partial charge in [0.15, 0.2) is 0 Å². The van der Waals surface area contributed by atoms with Crippen LogP contribution in [0.15, 0.2) is 4.52 Å². The second kappa shape index (κ2) is 7.36. The highest BCUT2D eigenvalue weighted by atomic mass is 16.5. The van der Waals surface area contributed by atoms with E-state index in [-0.39, 0.29) is 0 Å². The second-order valence-corrected chi connectivity index (χ2v) is 6.27. The number of aromatic nitrogens is 2. The smallest absolute Gasteiger partial charge is 0.229 e. The van der Waals surface area contributed by atoms with Gasteiger partial charge in [-0.15, -0.1) is 0 Å². The van der Waals surface area contributed by atoms with Crippen molar-refractivity contribution in [2.24, 2.45) is 5.92 Å². The van der Waals surface area contributed by atoms with Crippen molar-refractivity contribution >= 4 is 0 Å². The summed E-state index contributed by atoms with van der Waals surface area (Å²) < 4.78 is 11.4. The van der Waals surface area contributed by atoms with E-state index in [1.54, 1.807) is 0 Å². The first-order valence-electron chi connectivity index (χ1n) is 8.24. The summed E-state index contributed by atoms with van der Waals surface area (Å²) in [5, 5.41) is 14.0. The summed E-state index contributed by atoms with van der Waals surface area (Å²) in [5.74, 6) is 1.91. The third-order valence-corrected chi connectivity index (χ3v) is 4.41. The van der Waals surface area contributed by atoms with Crippen molar-refractivity contribution in [1.82, 2.24) is 10.1 Å². The molecule has 0 aromatic carbocycles. The van der Waals surface area contributed by atoms with E-state index in [1.807, 2.05) is 6.92 Å². The molecule has 1 fully saturated rings. The van der Waals surface area contributed by atoms with Crippen LogP contribution in [0.3, 0.4) is 0 Å². The van der Waals surface area contributed by atoms with Gasteiger partial charge in [-0.2, -0.15) is 4.98 Å². The number of ether oxygens (including phenoxy) is 1. The van der Waals surface area contributed by atoms with E-state index in [0.717, 1.165) is 44.4 Å². The third kappa shape index (κ3) is 4.04. The fraction of sp³-hybridized carbons (Fsp3) is 0.875. The summed E-state index contributed by atoms with van der Waals surface area (Å²) in [6.07, 6.45) is 5.87. The topological polar surface area (TPSA) is 68.4 Å². The van der Waals surface area contributed by atoms with Crippen LogP contribution in [0.5, 0.6) is 0 Å². The van der Waals surface area contributed by atoms with Gasteiger partial charge in [-0.25, -0.2) is 0 Å². The second-order valence-electron chi connectivity index (χ2n) is 6.27. The number of hydrogen-bond acceptors (Lipinski definition) is 5. The lowest BCUT2D eigenvalue weighted by atomic mass is 9.79. The van der Waals surface area contributed by atoms with Gasteiger partial charge >= 0.3 is 0 Å². The molecule has 2 rings (SSSR count). The summed E-state index contributed by atoms with van der Waals surface area (Å²) >= 11 is 0. The molecule has 1 aliphatic rings. The lowest BCUT2D eigenvalue weighted by Crippen LogP contribution is -2.35. The Morgan fingerprint density at radius 1 is 1.38 bits per heavy atom. The van der Waals surface area contributed by atoms with Gasteiger partial charge in [-0.05, 0) is 44.9 Å². The van der Waals surface area contributed by atoms with Gasteiger partial charge < -0.3 is 14.4 Å². The molecule has 1 N–H and O–H groups in total. The van der Waals surface area contributed by atoms with Gasteiger partial charge in [0.05, 0.1) is 12.5 Å². The molecule has 0 aliphatic heterocycles. The molecule has 0 amide bonds. The maximum absolute atomic E-state index is 9.87. The lowest BCUT2D eigenvalue weighted by Gasteiger charge is -2.36. The van der Waals surface area contributed by atoms with E-state index in [0.29, 0.717) is 24.7 Å². The Labute approximate surface area is 127 Å². The molecule has 1 saturated carbocycles. The molecule has 1 atom stereocenters. The summed E-state index contributed by atoms with van der Waals surface area (Å²) in [6.45, 7) is 6.98. The first-order valence-corrected chi connectivity index (χ1v) is 8.24. The van der Waals surface area contributed by atoms with Gasteiger partial charge in [-0.1, -0.05) is 25.4 Å². The summed E-state index contributed by atoms with van der Waals surface area (Å²) in [4.78, 5) is 4.51. The Morgan fingerprint density at radius 2 is 2.10 bits per heavy atom. The minimum atomic E-state index is -0.405. The molecule has 5 heteroatoms. The Balaban J connectivity index is 2.09. The highest BCUT2D eigenvalue weighted by molar-refractivity contribution is 5.04. The van der Waals surface area contributed by atoms with Gasteiger partial charge in [0, 0.05) is 6.61 Å². The van der Waals surface area contributed by atoms with Gasteiger partial charge in [0.2, 0.25) is 11.7 Å². The van der Waals surface area contributed by atoms with E-state index in [4.69, 9.17) is 9.26 Å². The standard InChI is InChI=1S/C16H28N2O3/c1-4-6-13(19)11-14-17-15(18-21-14)16(20-5-2)9-7-12(3)8-10-16/h12-13,19H,4-11H2,1-3H3. The largest absolute Gasteiger partial charge is 0.393 e. The van der Waals surface area contributed by atoms with Crippen LogP contribution in [-0.2, 0) is 16.8 Å². The van der Waals surface area contributed by atoms with E-state index < -0.39 is 11.7 Å². The predicted octanol–water partition coefficient (Wildman–Crippen LogP) is 3.22. The molecule has 1 unspecified atom stereocenters. The average Bonchev–Trinajstić information content (AvgIpc) is 2.91. The van der Waals surface area contributed by atoms with Crippen LogP contribution >= 0.6 is 0 Å². The van der Waals surface area contributed by atoms with Crippen molar-refractivity contribution in [2.75, 3.05) is 6.61 Å². The zero-order chi connectivity index (χ0) is 15.3. The van der Waals surface area contributed by atoms with Crippen LogP contribution < -0.4 is 0 Å². The SMILES string of the molecule is CCCC(O)Cc1nc(C2(OCC)CCC(C)CC2)no1. The van der Waals surface area contributed by atoms with Gasteiger partial charge in [0.25, 0.3) is 0 Å². The Kier molecular flexibility index (Phi) is 5.76. The highest BCUT2D eigenvalue weighted by Gasteiger charge is 2.40. The Bertz CT molecular complexity index is 425. The molecule has 0 saturated heterocycles. The number of hydrogen-bond donors (Lipinski definition) is 1. The fourth-order valence-electron chi connectivity index (χ4n) is 3.10. The Hall–Kier alpha value is -0.940. The molecule has 1 aromatic rings. The summed E-state index contributed by atoms with van der Waals surface area (Å²) in [6, 6.07) is 0. The lowest BCUT2D eigenvalue weighted by molar-refractivity contribution is -0.0847. The zero-order valence-corrected chi connectivity index (χ0v) is 13.5. The Morgan fingerprint density at radius 3 is 2.71 bits per heavy atom. The number of aliphatic hydroxyl groups is 1. The van der Waals surface area contributed by atoms with E-state index >= 15 is 0 Å². The van der Waals surface area contributed by atoms with Crippen LogP contribution in [0.4, 0.5) is 0 Å². The number of aliphatic hydroxyl groups excluding tert-OH is 1. The predicted molar refractivity (Wildman–Crippen MR) is 79.9 cm³/mol. The zero-order valence-electron chi connectivity index (χ0n) is 13.5. The molecule has 1 aromatic heterocycles. The number of nitrogens with zero attached hydrogens (tertiary/aromatic N) is 2. The molecular formula is C16H28N2O3. The molecular weight excluding hydrogens is 268 g/mol. The average molecular weight is 296 g/mol. The van der Waals surface area contributed by atoms with Crippen LogP contribution in [-0.4, -0.2) is 28.0 Å². The quantitative estimate of drug-likeness (QED) is 0.836. The molecule has 21 heavy (non-hydrogen) atoms. The van der Waals surface area contributed by atoms with Gasteiger partial charge in [-0.3, -0.25) is 0 Å². The molecule has 1 heterocycles. The fourth-order valence-corrected chi connectivity index (χ4v) is 3.10. The van der Waals surface area contributed by atoms with E-state index in [2.05, 4.69) is 24.0 Å². The van der Waals surface area contributed by atoms with Crippen molar-refractivity contribution < 1.29 is 14.4 Å². The maximum Gasteiger partial charge on any atom is 0.229 e. The molecule has 120 valence electrons. The molecule has 0 spiro atoms. The normalized spacial score (nSPS) is 27.7. The van der Waals surface area contributed by atoms with Crippen molar-refractivity contribution in [1.29, 1.82) is 0 Å². The van der Waals surface area contributed by atoms with Crippen LogP contribution in [0.2, 0.25) is 0 Å². The van der Waals surface area contributed by atoms with E-state index in [9.17, 15) is 5.11 Å². The molecule has 1 aliphatic carbocycles. The molecule has 0 radical (unpaired) electrons. The van der Waals surface area contributed by atoms with E-state index in [1.165, 1.54) is 0 Å². The van der Waals surface area contributed by atoms with Gasteiger partial charge in [0.1, 0.15) is 5.60 Å². The third-order valence-electron chi connectivity index (χ3n) is 4.41. The highest BCUT2D eigenvalue weighted by Crippen LogP contribution is 2.41. The van der Waals surface area contributed by atoms with Crippen molar-refractivity contribution in [3.8, 4) is 0 Å². The van der Waals surface area contributed by atoms with Crippen LogP contribution in [0.25, 0.3) is 0 Å². The number of rotatable bonds is 7. The van der Waals surface area contributed by atoms with Crippen molar-refractivity contribution in [3.05, 3.63) is 11.7 Å². The van der Waals surface area contributed by atoms with Crippen LogP contribution in [0, 0.1) is 5.92 Å². The maximum atomic E-state index is 9.87. The monoisotopic (exact) mass is 296 g/mol.